The van der Waals surface area contributed by atoms with Gasteiger partial charge in [0.15, 0.2) is 12.8 Å². The largest absolute Gasteiger partial charge is 0.494 e. The van der Waals surface area contributed by atoms with Crippen molar-refractivity contribution in [1.82, 2.24) is 10.6 Å². The van der Waals surface area contributed by atoms with Crippen LogP contribution in [0.1, 0.15) is 24.5 Å². The molecule has 0 saturated heterocycles. The average molecular weight is 529 g/mol. The lowest BCUT2D eigenvalue weighted by molar-refractivity contribution is -0.0172. The number of hydrogen-bond donors (Lipinski definition) is 2. The Hall–Kier alpha value is -2.07. The molecule has 0 spiro atoms. The van der Waals surface area contributed by atoms with Crippen molar-refractivity contribution in [1.29, 1.82) is 0 Å². The van der Waals surface area contributed by atoms with Gasteiger partial charge in [-0.15, -0.1) is 24.0 Å². The molecule has 2 aromatic rings. The van der Waals surface area contributed by atoms with E-state index in [0.29, 0.717) is 32.7 Å². The third-order valence-electron chi connectivity index (χ3n) is 4.37. The maximum absolute atomic E-state index is 13.8. The van der Waals surface area contributed by atoms with Gasteiger partial charge < -0.3 is 24.8 Å². The van der Waals surface area contributed by atoms with Crippen LogP contribution in [0.4, 0.5) is 4.39 Å². The van der Waals surface area contributed by atoms with Crippen molar-refractivity contribution in [3.8, 4) is 11.5 Å². The molecule has 6 nitrogen and oxygen atoms in total. The second kappa shape index (κ2) is 13.3. The van der Waals surface area contributed by atoms with Crippen LogP contribution in [0, 0.1) is 5.82 Å². The summed E-state index contributed by atoms with van der Waals surface area (Å²) in [6, 6.07) is 12.7. The Balaban J connectivity index is 0.00000320. The summed E-state index contributed by atoms with van der Waals surface area (Å²) in [5, 5.41) is 6.52. The Labute approximate surface area is 194 Å². The number of ether oxygens (including phenoxy) is 3. The van der Waals surface area contributed by atoms with E-state index < -0.39 is 0 Å². The molecule has 164 valence electrons. The second-order valence-electron chi connectivity index (χ2n) is 6.62. The Bertz CT molecular complexity index is 806. The van der Waals surface area contributed by atoms with Gasteiger partial charge in [-0.05, 0) is 43.2 Å². The molecule has 0 atom stereocenters. The van der Waals surface area contributed by atoms with Crippen LogP contribution in [-0.2, 0) is 17.8 Å². The number of aliphatic imine (C=N–C) groups is 1. The molecule has 0 fully saturated rings. The molecule has 2 aromatic carbocycles. The van der Waals surface area contributed by atoms with Crippen LogP contribution >= 0.6 is 24.0 Å². The van der Waals surface area contributed by atoms with E-state index in [-0.39, 0.29) is 36.6 Å². The minimum Gasteiger partial charge on any atom is -0.494 e. The smallest absolute Gasteiger partial charge is 0.191 e. The number of benzene rings is 2. The van der Waals surface area contributed by atoms with Gasteiger partial charge in [-0.3, -0.25) is 4.99 Å². The standard InChI is InChI=1S/C22H28FN3O3.HI/c1-2-24-22(25-10-6-12-28-20-7-4-3-5-8-20)26-11-9-17-13-19(23)14-18-15-27-16-29-21(17)18;/h3-5,7-8,13-14H,2,6,9-12,15-16H2,1H3,(H2,24,25,26);1H. The van der Waals surface area contributed by atoms with Crippen LogP contribution in [0.3, 0.4) is 0 Å². The lowest BCUT2D eigenvalue weighted by Gasteiger charge is -2.21. The molecule has 3 rings (SSSR count). The Morgan fingerprint density at radius 3 is 2.83 bits per heavy atom. The molecule has 0 bridgehead atoms. The number of hydrogen-bond acceptors (Lipinski definition) is 4. The molecule has 2 N–H and O–H groups in total. The first-order chi connectivity index (χ1) is 14.3. The third kappa shape index (κ3) is 7.64. The van der Waals surface area contributed by atoms with Crippen molar-refractivity contribution in [2.75, 3.05) is 33.0 Å². The van der Waals surface area contributed by atoms with Crippen LogP contribution in [-0.4, -0.2) is 39.0 Å². The van der Waals surface area contributed by atoms with Crippen LogP contribution in [0.2, 0.25) is 0 Å². The quantitative estimate of drug-likeness (QED) is 0.224. The van der Waals surface area contributed by atoms with Gasteiger partial charge in [0, 0.05) is 31.6 Å². The monoisotopic (exact) mass is 529 g/mol. The van der Waals surface area contributed by atoms with Crippen LogP contribution < -0.4 is 20.1 Å². The summed E-state index contributed by atoms with van der Waals surface area (Å²) in [7, 11) is 0. The van der Waals surface area contributed by atoms with Gasteiger partial charge in [0.25, 0.3) is 0 Å². The van der Waals surface area contributed by atoms with Crippen LogP contribution in [0.15, 0.2) is 47.5 Å². The fraction of sp³-hybridized carbons (Fsp3) is 0.409. The zero-order valence-electron chi connectivity index (χ0n) is 17.2. The number of para-hydroxylation sites is 1. The molecule has 1 aliphatic heterocycles. The number of nitrogens with one attached hydrogen (secondary N) is 2. The molecule has 0 radical (unpaired) electrons. The maximum atomic E-state index is 13.8. The topological polar surface area (TPSA) is 64.1 Å². The molecule has 0 amide bonds. The fourth-order valence-electron chi connectivity index (χ4n) is 3.06. The summed E-state index contributed by atoms with van der Waals surface area (Å²) in [4.78, 5) is 4.57. The van der Waals surface area contributed by atoms with Crippen LogP contribution in [0.25, 0.3) is 0 Å². The lowest BCUT2D eigenvalue weighted by atomic mass is 10.1. The summed E-state index contributed by atoms with van der Waals surface area (Å²) < 4.78 is 30.3. The summed E-state index contributed by atoms with van der Waals surface area (Å²) in [6.07, 6.45) is 1.44. The molecular weight excluding hydrogens is 500 g/mol. The van der Waals surface area contributed by atoms with Crippen molar-refractivity contribution in [3.05, 3.63) is 59.4 Å². The Morgan fingerprint density at radius 1 is 1.20 bits per heavy atom. The number of halogens is 2. The van der Waals surface area contributed by atoms with Gasteiger partial charge in [0.1, 0.15) is 17.3 Å². The van der Waals surface area contributed by atoms with Crippen molar-refractivity contribution in [2.45, 2.75) is 26.4 Å². The van der Waals surface area contributed by atoms with Gasteiger partial charge in [0.2, 0.25) is 0 Å². The van der Waals surface area contributed by atoms with Crippen molar-refractivity contribution < 1.29 is 18.6 Å². The summed E-state index contributed by atoms with van der Waals surface area (Å²) in [5.74, 6) is 2.07. The van der Waals surface area contributed by atoms with E-state index in [4.69, 9.17) is 14.2 Å². The number of guanidine groups is 1. The Morgan fingerprint density at radius 2 is 2.03 bits per heavy atom. The molecule has 8 heteroatoms. The van der Waals surface area contributed by atoms with Crippen molar-refractivity contribution >= 4 is 29.9 Å². The first kappa shape index (κ1) is 24.2. The molecule has 1 aliphatic rings. The molecule has 0 aromatic heterocycles. The lowest BCUT2D eigenvalue weighted by Crippen LogP contribution is -2.38. The Kier molecular flexibility index (Phi) is 10.7. The zero-order chi connectivity index (χ0) is 20.3. The molecule has 1 heterocycles. The highest BCUT2D eigenvalue weighted by Crippen LogP contribution is 2.29. The second-order valence-corrected chi connectivity index (χ2v) is 6.62. The van der Waals surface area contributed by atoms with Crippen LogP contribution in [0.5, 0.6) is 11.5 Å². The summed E-state index contributed by atoms with van der Waals surface area (Å²) in [5.41, 5.74) is 1.59. The number of rotatable bonds is 9. The average Bonchev–Trinajstić information content (AvgIpc) is 2.74. The minimum absolute atomic E-state index is 0. The molecule has 0 saturated carbocycles. The third-order valence-corrected chi connectivity index (χ3v) is 4.37. The molecule has 0 unspecified atom stereocenters. The first-order valence-electron chi connectivity index (χ1n) is 9.98. The highest BCUT2D eigenvalue weighted by molar-refractivity contribution is 14.0. The van der Waals surface area contributed by atoms with Crippen molar-refractivity contribution in [2.24, 2.45) is 4.99 Å². The highest BCUT2D eigenvalue weighted by Gasteiger charge is 2.16. The van der Waals surface area contributed by atoms with E-state index in [9.17, 15) is 4.39 Å². The predicted molar refractivity (Wildman–Crippen MR) is 126 cm³/mol. The van der Waals surface area contributed by atoms with E-state index in [1.165, 1.54) is 12.1 Å². The predicted octanol–water partition coefficient (Wildman–Crippen LogP) is 3.88. The summed E-state index contributed by atoms with van der Waals surface area (Å²) >= 11 is 0. The van der Waals surface area contributed by atoms with E-state index in [2.05, 4.69) is 15.6 Å². The molecular formula is C22H29FIN3O3. The zero-order valence-corrected chi connectivity index (χ0v) is 19.5. The minimum atomic E-state index is -0.271. The normalized spacial score (nSPS) is 12.9. The molecule has 0 aliphatic carbocycles. The van der Waals surface area contributed by atoms with E-state index >= 15 is 0 Å². The van der Waals surface area contributed by atoms with Crippen molar-refractivity contribution in [3.63, 3.8) is 0 Å². The van der Waals surface area contributed by atoms with E-state index in [1.54, 1.807) is 0 Å². The highest BCUT2D eigenvalue weighted by atomic mass is 127. The van der Waals surface area contributed by atoms with E-state index in [0.717, 1.165) is 41.6 Å². The van der Waals surface area contributed by atoms with Gasteiger partial charge in [0.05, 0.1) is 13.2 Å². The van der Waals surface area contributed by atoms with Gasteiger partial charge >= 0.3 is 0 Å². The fourth-order valence-corrected chi connectivity index (χ4v) is 3.06. The summed E-state index contributed by atoms with van der Waals surface area (Å²) in [6.45, 7) is 5.25. The van der Waals surface area contributed by atoms with E-state index in [1.807, 2.05) is 37.3 Å². The molecule has 30 heavy (non-hydrogen) atoms. The van der Waals surface area contributed by atoms with Gasteiger partial charge in [-0.2, -0.15) is 0 Å². The SMILES string of the molecule is CCNC(=NCCCOc1ccccc1)NCCc1cc(F)cc2c1OCOC2.I. The maximum Gasteiger partial charge on any atom is 0.191 e. The van der Waals surface area contributed by atoms with Gasteiger partial charge in [-0.1, -0.05) is 18.2 Å². The number of nitrogens with zero attached hydrogens (tertiary/aromatic N) is 1. The first-order valence-corrected chi connectivity index (χ1v) is 9.98. The van der Waals surface area contributed by atoms with Gasteiger partial charge in [-0.25, -0.2) is 4.39 Å². The number of fused-ring (bicyclic) bond motifs is 1.